The summed E-state index contributed by atoms with van der Waals surface area (Å²) in [5, 5.41) is 10.7. The van der Waals surface area contributed by atoms with Crippen LogP contribution in [0.4, 0.5) is 10.5 Å². The van der Waals surface area contributed by atoms with Gasteiger partial charge in [0.05, 0.1) is 11.9 Å². The van der Waals surface area contributed by atoms with E-state index in [1.54, 1.807) is 20.2 Å². The van der Waals surface area contributed by atoms with Crippen LogP contribution in [-0.4, -0.2) is 44.9 Å². The maximum Gasteiger partial charge on any atom is 0.414 e. The van der Waals surface area contributed by atoms with Crippen LogP contribution in [0, 0.1) is 0 Å². The monoisotopic (exact) mass is 370 g/mol. The first-order valence-corrected chi connectivity index (χ1v) is 10.2. The second-order valence-corrected chi connectivity index (χ2v) is 8.87. The van der Waals surface area contributed by atoms with Gasteiger partial charge in [-0.05, 0) is 24.3 Å². The first kappa shape index (κ1) is 19.4. The molecule has 0 heterocycles. The lowest BCUT2D eigenvalue weighted by Gasteiger charge is -2.35. The number of rotatable bonds is 4. The van der Waals surface area contributed by atoms with E-state index in [-0.39, 0.29) is 22.6 Å². The highest BCUT2D eigenvalue weighted by molar-refractivity contribution is 7.92. The summed E-state index contributed by atoms with van der Waals surface area (Å²) in [7, 11) is -0.475. The first-order valence-electron chi connectivity index (χ1n) is 8.26. The minimum atomic E-state index is -3.59. The number of hydrogen-bond acceptors (Lipinski definition) is 5. The van der Waals surface area contributed by atoms with E-state index in [1.807, 2.05) is 6.92 Å². The summed E-state index contributed by atoms with van der Waals surface area (Å²) in [6.07, 6.45) is 5.40. The fourth-order valence-corrected chi connectivity index (χ4v) is 3.75. The van der Waals surface area contributed by atoms with Gasteiger partial charge in [0.2, 0.25) is 10.0 Å². The summed E-state index contributed by atoms with van der Waals surface area (Å²) in [4.78, 5) is 13.1. The molecule has 1 aliphatic carbocycles. The van der Waals surface area contributed by atoms with Crippen LogP contribution in [0.25, 0.3) is 0 Å². The average molecular weight is 370 g/mol. The number of phenols is 1. The minimum absolute atomic E-state index is 0.0216. The van der Waals surface area contributed by atoms with Crippen LogP contribution in [0.15, 0.2) is 12.1 Å². The molecule has 1 amide bonds. The van der Waals surface area contributed by atoms with E-state index in [4.69, 9.17) is 4.74 Å². The van der Waals surface area contributed by atoms with E-state index in [0.717, 1.165) is 38.4 Å². The molecule has 2 N–H and O–H groups in total. The molecule has 8 heteroatoms. The predicted octanol–water partition coefficient (Wildman–Crippen LogP) is 3.05. The highest BCUT2D eigenvalue weighted by Gasteiger charge is 2.33. The Hall–Kier alpha value is -1.96. The largest absolute Gasteiger partial charge is 0.505 e. The number of ether oxygens (including phenoxy) is 1. The van der Waals surface area contributed by atoms with Crippen LogP contribution in [0.2, 0.25) is 0 Å². The first-order chi connectivity index (χ1) is 11.5. The second kappa shape index (κ2) is 7.11. The Morgan fingerprint density at radius 1 is 1.24 bits per heavy atom. The summed E-state index contributed by atoms with van der Waals surface area (Å²) in [5.41, 5.74) is 0.326. The number of nitrogens with one attached hydrogen (secondary N) is 1. The molecular formula is C17H26N2O5S. The van der Waals surface area contributed by atoms with Crippen molar-refractivity contribution in [2.24, 2.45) is 0 Å². The van der Waals surface area contributed by atoms with E-state index in [2.05, 4.69) is 4.72 Å². The van der Waals surface area contributed by atoms with Crippen molar-refractivity contribution in [3.8, 4) is 11.5 Å². The van der Waals surface area contributed by atoms with Crippen LogP contribution in [0.5, 0.6) is 11.5 Å². The molecule has 0 radical (unpaired) electrons. The van der Waals surface area contributed by atoms with Crippen molar-refractivity contribution in [3.63, 3.8) is 0 Å². The van der Waals surface area contributed by atoms with Crippen molar-refractivity contribution < 1.29 is 23.1 Å². The summed E-state index contributed by atoms with van der Waals surface area (Å²) in [6.45, 7) is 2.04. The normalized spacial score (nSPS) is 17.0. The minimum Gasteiger partial charge on any atom is -0.505 e. The Balaban J connectivity index is 2.52. The van der Waals surface area contributed by atoms with Gasteiger partial charge in [-0.2, -0.15) is 0 Å². The van der Waals surface area contributed by atoms with E-state index >= 15 is 0 Å². The number of hydrogen-bond donors (Lipinski definition) is 2. The Morgan fingerprint density at radius 3 is 2.36 bits per heavy atom. The number of carbonyl (C=O) groups is 1. The number of aromatic hydroxyl groups is 1. The maximum absolute atomic E-state index is 11.9. The number of carbonyl (C=O) groups excluding carboxylic acids is 1. The molecule has 0 aliphatic heterocycles. The molecule has 0 atom stereocenters. The Morgan fingerprint density at radius 2 is 1.84 bits per heavy atom. The van der Waals surface area contributed by atoms with E-state index in [9.17, 15) is 18.3 Å². The quantitative estimate of drug-likeness (QED) is 0.794. The van der Waals surface area contributed by atoms with Gasteiger partial charge in [0.15, 0.2) is 0 Å². The standard InChI is InChI=1S/C17H26N2O5S/c1-17(8-6-5-7-9-17)13-10-12(24-16(21)19(2)3)11-14(15(13)20)18-25(4,22)23/h10-11,18,20H,5-9H2,1-4H3. The zero-order chi connectivity index (χ0) is 18.8. The van der Waals surface area contributed by atoms with E-state index < -0.39 is 16.1 Å². The van der Waals surface area contributed by atoms with Crippen LogP contribution < -0.4 is 9.46 Å². The fourth-order valence-electron chi connectivity index (χ4n) is 3.20. The molecule has 2 rings (SSSR count). The number of phenolic OH excluding ortho intramolecular Hbond substituents is 1. The molecule has 7 nitrogen and oxygen atoms in total. The van der Waals surface area contributed by atoms with Crippen molar-refractivity contribution >= 4 is 21.8 Å². The summed E-state index contributed by atoms with van der Waals surface area (Å²) >= 11 is 0. The second-order valence-electron chi connectivity index (χ2n) is 7.12. The Labute approximate surface area is 149 Å². The molecule has 0 bridgehead atoms. The molecule has 0 aromatic heterocycles. The van der Waals surface area contributed by atoms with Crippen molar-refractivity contribution in [2.75, 3.05) is 25.1 Å². The Kier molecular flexibility index (Phi) is 5.51. The van der Waals surface area contributed by atoms with Gasteiger partial charge >= 0.3 is 6.09 Å². The average Bonchev–Trinajstić information content (AvgIpc) is 2.49. The third kappa shape index (κ3) is 4.78. The van der Waals surface area contributed by atoms with Gasteiger partial charge in [-0.3, -0.25) is 4.72 Å². The maximum atomic E-state index is 11.9. The third-order valence-corrected chi connectivity index (χ3v) is 5.15. The smallest absolute Gasteiger partial charge is 0.414 e. The van der Waals surface area contributed by atoms with Crippen LogP contribution in [0.1, 0.15) is 44.6 Å². The molecule has 1 aromatic carbocycles. The topological polar surface area (TPSA) is 95.9 Å². The molecule has 1 fully saturated rings. The molecule has 1 aliphatic rings. The van der Waals surface area contributed by atoms with Crippen molar-refractivity contribution in [1.82, 2.24) is 4.90 Å². The lowest BCUT2D eigenvalue weighted by molar-refractivity contribution is 0.171. The predicted molar refractivity (Wildman–Crippen MR) is 96.7 cm³/mol. The van der Waals surface area contributed by atoms with Gasteiger partial charge in [0.1, 0.15) is 11.5 Å². The van der Waals surface area contributed by atoms with Gasteiger partial charge in [-0.1, -0.05) is 26.2 Å². The fraction of sp³-hybridized carbons (Fsp3) is 0.588. The number of anilines is 1. The van der Waals surface area contributed by atoms with Gasteiger partial charge in [0.25, 0.3) is 0 Å². The highest BCUT2D eigenvalue weighted by atomic mass is 32.2. The SMILES string of the molecule is CN(C)C(=O)Oc1cc(NS(C)(=O)=O)c(O)c(C2(C)CCCCC2)c1. The van der Waals surface area contributed by atoms with Gasteiger partial charge < -0.3 is 14.7 Å². The summed E-state index contributed by atoms with van der Waals surface area (Å²) in [6, 6.07) is 2.96. The van der Waals surface area contributed by atoms with Crippen molar-refractivity contribution in [2.45, 2.75) is 44.4 Å². The van der Waals surface area contributed by atoms with Crippen LogP contribution >= 0.6 is 0 Å². The van der Waals surface area contributed by atoms with Gasteiger partial charge in [-0.25, -0.2) is 13.2 Å². The third-order valence-electron chi connectivity index (χ3n) is 4.56. The molecular weight excluding hydrogens is 344 g/mol. The molecule has 0 unspecified atom stereocenters. The molecule has 25 heavy (non-hydrogen) atoms. The number of amides is 1. The van der Waals surface area contributed by atoms with Crippen LogP contribution in [0.3, 0.4) is 0 Å². The van der Waals surface area contributed by atoms with Gasteiger partial charge in [0, 0.05) is 25.7 Å². The van der Waals surface area contributed by atoms with E-state index in [0.29, 0.717) is 5.56 Å². The lowest BCUT2D eigenvalue weighted by Crippen LogP contribution is -2.27. The molecule has 1 aromatic rings. The molecule has 0 spiro atoms. The summed E-state index contributed by atoms with van der Waals surface area (Å²) in [5.74, 6) is 0.0870. The summed E-state index contributed by atoms with van der Waals surface area (Å²) < 4.78 is 30.9. The number of nitrogens with zero attached hydrogens (tertiary/aromatic N) is 1. The molecule has 1 saturated carbocycles. The number of benzene rings is 1. The zero-order valence-corrected chi connectivity index (χ0v) is 15.9. The molecule has 140 valence electrons. The van der Waals surface area contributed by atoms with Crippen molar-refractivity contribution in [3.05, 3.63) is 17.7 Å². The van der Waals surface area contributed by atoms with E-state index in [1.165, 1.54) is 11.0 Å². The van der Waals surface area contributed by atoms with Crippen LogP contribution in [-0.2, 0) is 15.4 Å². The van der Waals surface area contributed by atoms with Gasteiger partial charge in [-0.15, -0.1) is 0 Å². The van der Waals surface area contributed by atoms with Crippen molar-refractivity contribution in [1.29, 1.82) is 0 Å². The highest BCUT2D eigenvalue weighted by Crippen LogP contribution is 2.46. The number of sulfonamides is 1. The zero-order valence-electron chi connectivity index (χ0n) is 15.1. The molecule has 0 saturated heterocycles. The lowest BCUT2D eigenvalue weighted by atomic mass is 9.70. The Bertz CT molecular complexity index is 753.